The molecule has 0 saturated carbocycles. The zero-order valence-corrected chi connectivity index (χ0v) is 13.0. The maximum absolute atomic E-state index is 10.2. The highest BCUT2D eigenvalue weighted by Crippen LogP contribution is 2.22. The topological polar surface area (TPSA) is 32.7 Å². The molecule has 0 aromatic heterocycles. The highest BCUT2D eigenvalue weighted by Gasteiger charge is 2.26. The molecule has 1 aromatic carbocycles. The molecule has 0 radical (unpaired) electrons. The average molecular weight is 298 g/mol. The van der Waals surface area contributed by atoms with E-state index in [2.05, 4.69) is 18.7 Å². The number of benzene rings is 1. The smallest absolute Gasteiger partial charge is 0.119 e. The molecule has 1 N–H and O–H groups in total. The van der Waals surface area contributed by atoms with E-state index in [9.17, 15) is 5.11 Å². The number of halogens is 1. The van der Waals surface area contributed by atoms with E-state index in [0.29, 0.717) is 30.3 Å². The van der Waals surface area contributed by atoms with Gasteiger partial charge in [0.25, 0.3) is 0 Å². The van der Waals surface area contributed by atoms with Crippen molar-refractivity contribution in [3.05, 3.63) is 29.3 Å². The summed E-state index contributed by atoms with van der Waals surface area (Å²) >= 11 is 5.82. The molecule has 0 spiro atoms. The highest BCUT2D eigenvalue weighted by atomic mass is 35.5. The predicted molar refractivity (Wildman–Crippen MR) is 82.4 cm³/mol. The van der Waals surface area contributed by atoms with Crippen LogP contribution in [0.4, 0.5) is 0 Å². The van der Waals surface area contributed by atoms with Crippen molar-refractivity contribution in [3.8, 4) is 5.75 Å². The van der Waals surface area contributed by atoms with Gasteiger partial charge in [-0.1, -0.05) is 18.0 Å². The molecule has 0 unspecified atom stereocenters. The number of aliphatic hydroxyl groups is 1. The summed E-state index contributed by atoms with van der Waals surface area (Å²) < 4.78 is 5.60. The van der Waals surface area contributed by atoms with Gasteiger partial charge in [0.05, 0.1) is 0 Å². The van der Waals surface area contributed by atoms with Crippen molar-refractivity contribution in [3.63, 3.8) is 0 Å². The first-order chi connectivity index (χ1) is 9.56. The summed E-state index contributed by atoms with van der Waals surface area (Å²) in [5.74, 6) is 0.744. The molecule has 3 nitrogen and oxygen atoms in total. The van der Waals surface area contributed by atoms with E-state index in [0.717, 1.165) is 5.75 Å². The molecule has 1 aliphatic rings. The van der Waals surface area contributed by atoms with Gasteiger partial charge in [-0.05, 0) is 51.0 Å². The van der Waals surface area contributed by atoms with Gasteiger partial charge >= 0.3 is 0 Å². The monoisotopic (exact) mass is 297 g/mol. The van der Waals surface area contributed by atoms with Crippen LogP contribution in [-0.2, 0) is 0 Å². The first-order valence-corrected chi connectivity index (χ1v) is 7.76. The Morgan fingerprint density at radius 2 is 1.85 bits per heavy atom. The number of likely N-dealkylation sites (tertiary alicyclic amines) is 1. The molecule has 112 valence electrons. The van der Waals surface area contributed by atoms with Crippen LogP contribution in [0.2, 0.25) is 5.02 Å². The predicted octanol–water partition coefficient (Wildman–Crippen LogP) is 3.34. The van der Waals surface area contributed by atoms with Gasteiger partial charge in [-0.15, -0.1) is 0 Å². The fourth-order valence-electron chi connectivity index (χ4n) is 2.85. The third-order valence-corrected chi connectivity index (χ3v) is 4.31. The van der Waals surface area contributed by atoms with E-state index < -0.39 is 6.10 Å². The van der Waals surface area contributed by atoms with Crippen molar-refractivity contribution < 1.29 is 9.84 Å². The second kappa shape index (κ2) is 7.30. The molecule has 4 heteroatoms. The average Bonchev–Trinajstić information content (AvgIpc) is 2.42. The molecular formula is C16H24ClNO2. The molecule has 1 fully saturated rings. The molecule has 1 saturated heterocycles. The molecular weight excluding hydrogens is 274 g/mol. The van der Waals surface area contributed by atoms with Crippen LogP contribution in [0.3, 0.4) is 0 Å². The van der Waals surface area contributed by atoms with Crippen LogP contribution in [0.5, 0.6) is 5.75 Å². The third kappa shape index (κ3) is 4.37. The van der Waals surface area contributed by atoms with Crippen molar-refractivity contribution in [2.45, 2.75) is 51.3 Å². The van der Waals surface area contributed by atoms with Gasteiger partial charge in [0, 0.05) is 23.7 Å². The summed E-state index contributed by atoms with van der Waals surface area (Å²) in [4.78, 5) is 2.39. The van der Waals surface area contributed by atoms with Gasteiger partial charge in [0.1, 0.15) is 18.5 Å². The molecule has 0 aliphatic carbocycles. The standard InChI is InChI=1S/C16H24ClNO2/c1-12-4-3-5-13(2)18(12)10-15(19)11-20-16-8-6-14(17)7-9-16/h6-9,12-13,15,19H,3-5,10-11H2,1-2H3/t12-,13+,15-/m1/s1. The molecule has 1 heterocycles. The normalized spacial score (nSPS) is 25.4. The Bertz CT molecular complexity index is 399. The molecule has 3 atom stereocenters. The van der Waals surface area contributed by atoms with Crippen LogP contribution in [0.25, 0.3) is 0 Å². The van der Waals surface area contributed by atoms with Crippen LogP contribution in [0.1, 0.15) is 33.1 Å². The van der Waals surface area contributed by atoms with Crippen LogP contribution in [0, 0.1) is 0 Å². The van der Waals surface area contributed by atoms with E-state index in [-0.39, 0.29) is 0 Å². The zero-order valence-electron chi connectivity index (χ0n) is 12.3. The lowest BCUT2D eigenvalue weighted by Crippen LogP contribution is -2.48. The maximum atomic E-state index is 10.2. The van der Waals surface area contributed by atoms with Gasteiger partial charge in [0.15, 0.2) is 0 Å². The largest absolute Gasteiger partial charge is 0.491 e. The molecule has 0 bridgehead atoms. The number of hydrogen-bond donors (Lipinski definition) is 1. The Morgan fingerprint density at radius 3 is 2.45 bits per heavy atom. The van der Waals surface area contributed by atoms with E-state index in [4.69, 9.17) is 16.3 Å². The van der Waals surface area contributed by atoms with Crippen LogP contribution in [-0.4, -0.2) is 41.3 Å². The van der Waals surface area contributed by atoms with Gasteiger partial charge in [-0.3, -0.25) is 4.90 Å². The SMILES string of the molecule is C[C@@H]1CCC[C@H](C)N1C[C@@H](O)COc1ccc(Cl)cc1. The van der Waals surface area contributed by atoms with E-state index in [1.165, 1.54) is 19.3 Å². The van der Waals surface area contributed by atoms with E-state index >= 15 is 0 Å². The van der Waals surface area contributed by atoms with Crippen LogP contribution in [0.15, 0.2) is 24.3 Å². The van der Waals surface area contributed by atoms with Crippen molar-refractivity contribution in [2.75, 3.05) is 13.2 Å². The second-order valence-electron chi connectivity index (χ2n) is 5.74. The molecule has 1 aliphatic heterocycles. The summed E-state index contributed by atoms with van der Waals surface area (Å²) in [6.45, 7) is 5.47. The van der Waals surface area contributed by atoms with Crippen LogP contribution < -0.4 is 4.74 Å². The molecule has 1 aromatic rings. The van der Waals surface area contributed by atoms with Crippen molar-refractivity contribution in [1.82, 2.24) is 4.90 Å². The lowest BCUT2D eigenvalue weighted by Gasteiger charge is -2.40. The number of aliphatic hydroxyl groups excluding tert-OH is 1. The lowest BCUT2D eigenvalue weighted by atomic mass is 9.97. The Balaban J connectivity index is 1.79. The first kappa shape index (κ1) is 15.6. The van der Waals surface area contributed by atoms with Gasteiger partial charge in [-0.2, -0.15) is 0 Å². The summed E-state index contributed by atoms with van der Waals surface area (Å²) in [6, 6.07) is 8.31. The highest BCUT2D eigenvalue weighted by molar-refractivity contribution is 6.30. The number of ether oxygens (including phenoxy) is 1. The van der Waals surface area contributed by atoms with Crippen molar-refractivity contribution in [2.24, 2.45) is 0 Å². The maximum Gasteiger partial charge on any atom is 0.119 e. The quantitative estimate of drug-likeness (QED) is 0.905. The number of hydrogen-bond acceptors (Lipinski definition) is 3. The first-order valence-electron chi connectivity index (χ1n) is 7.38. The fourth-order valence-corrected chi connectivity index (χ4v) is 2.98. The van der Waals surface area contributed by atoms with Gasteiger partial charge in [-0.25, -0.2) is 0 Å². The molecule has 2 rings (SSSR count). The Labute approximate surface area is 126 Å². The van der Waals surface area contributed by atoms with E-state index in [1.807, 2.05) is 12.1 Å². The molecule has 0 amide bonds. The Hall–Kier alpha value is -0.770. The number of nitrogens with zero attached hydrogens (tertiary/aromatic N) is 1. The number of β-amino-alcohol motifs (C(OH)–C–C–N with tert-alkyl or cyclic N) is 1. The van der Waals surface area contributed by atoms with Crippen molar-refractivity contribution in [1.29, 1.82) is 0 Å². The zero-order chi connectivity index (χ0) is 14.5. The Morgan fingerprint density at radius 1 is 1.25 bits per heavy atom. The molecule has 20 heavy (non-hydrogen) atoms. The fraction of sp³-hybridized carbons (Fsp3) is 0.625. The van der Waals surface area contributed by atoms with E-state index in [1.54, 1.807) is 12.1 Å². The van der Waals surface area contributed by atoms with Crippen LogP contribution >= 0.6 is 11.6 Å². The number of piperidine rings is 1. The third-order valence-electron chi connectivity index (χ3n) is 4.05. The number of rotatable bonds is 5. The summed E-state index contributed by atoms with van der Waals surface area (Å²) in [5, 5.41) is 10.8. The second-order valence-corrected chi connectivity index (χ2v) is 6.18. The minimum atomic E-state index is -0.464. The Kier molecular flexibility index (Phi) is 5.70. The summed E-state index contributed by atoms with van der Waals surface area (Å²) in [7, 11) is 0. The van der Waals surface area contributed by atoms with Gasteiger partial charge in [0.2, 0.25) is 0 Å². The summed E-state index contributed by atoms with van der Waals surface area (Å²) in [6.07, 6.45) is 3.26. The summed E-state index contributed by atoms with van der Waals surface area (Å²) in [5.41, 5.74) is 0. The van der Waals surface area contributed by atoms with Gasteiger partial charge < -0.3 is 9.84 Å². The minimum absolute atomic E-state index is 0.317. The minimum Gasteiger partial charge on any atom is -0.491 e. The lowest BCUT2D eigenvalue weighted by molar-refractivity contribution is 0.0209. The van der Waals surface area contributed by atoms with Crippen molar-refractivity contribution >= 4 is 11.6 Å².